The highest BCUT2D eigenvalue weighted by atomic mass is 127. The number of rotatable bonds is 7. The van der Waals surface area contributed by atoms with Gasteiger partial charge in [0.1, 0.15) is 12.4 Å². The molecule has 0 fully saturated rings. The number of carbonyl (C=O) groups is 1. The van der Waals surface area contributed by atoms with Gasteiger partial charge in [0.25, 0.3) is 5.56 Å². The number of nitrogens with zero attached hydrogens (tertiary/aromatic N) is 2. The summed E-state index contributed by atoms with van der Waals surface area (Å²) in [5.41, 5.74) is -1.94. The molecule has 0 radical (unpaired) electrons. The Bertz CT molecular complexity index is 1640. The molecule has 0 unspecified atom stereocenters. The molecule has 1 aliphatic heterocycles. The number of ether oxygens (including phenoxy) is 2. The summed E-state index contributed by atoms with van der Waals surface area (Å²) in [6.07, 6.45) is -1.83. The molecule has 2 heterocycles. The normalized spacial score (nSPS) is 15.6. The Hall–Kier alpha value is -2.42. The lowest BCUT2D eigenvalue weighted by atomic mass is 9.95. The van der Waals surface area contributed by atoms with E-state index in [4.69, 9.17) is 21.1 Å². The lowest BCUT2D eigenvalue weighted by Gasteiger charge is -2.26. The quantitative estimate of drug-likeness (QED) is 0.171. The highest BCUT2D eigenvalue weighted by Gasteiger charge is 2.45. The van der Waals surface area contributed by atoms with Crippen molar-refractivity contribution in [3.63, 3.8) is 0 Å². The van der Waals surface area contributed by atoms with Crippen LogP contribution < -0.4 is 19.6 Å². The molecule has 0 saturated heterocycles. The third kappa shape index (κ3) is 6.18. The number of hydrogen-bond acceptors (Lipinski definition) is 6. The number of aromatic nitrogens is 1. The van der Waals surface area contributed by atoms with Crippen LogP contribution in [0.4, 0.5) is 13.2 Å². The van der Waals surface area contributed by atoms with Gasteiger partial charge in [0.15, 0.2) is 10.5 Å². The number of thiazole rings is 1. The summed E-state index contributed by atoms with van der Waals surface area (Å²) in [5.74, 6) is -0.623. The summed E-state index contributed by atoms with van der Waals surface area (Å²) >= 11 is 12.3. The van der Waals surface area contributed by atoms with Crippen molar-refractivity contribution in [3.8, 4) is 5.75 Å². The number of carbonyl (C=O) groups excluding carboxylic acids is 1. The lowest BCUT2D eigenvalue weighted by molar-refractivity contribution is -0.140. The van der Waals surface area contributed by atoms with Gasteiger partial charge in [-0.2, -0.15) is 13.2 Å². The minimum Gasteiger partial charge on any atom is -0.487 e. The average molecular weight is 754 g/mol. The van der Waals surface area contributed by atoms with E-state index in [-0.39, 0.29) is 21.5 Å². The van der Waals surface area contributed by atoms with Crippen LogP contribution >= 0.6 is 61.5 Å². The van der Waals surface area contributed by atoms with Crippen molar-refractivity contribution >= 4 is 73.5 Å². The summed E-state index contributed by atoms with van der Waals surface area (Å²) in [5, 5.41) is 0.338. The number of halogens is 6. The maximum Gasteiger partial charge on any atom is 0.434 e. The Balaban J connectivity index is 1.98. The maximum atomic E-state index is 14.2. The molecule has 13 heteroatoms. The number of allylic oxidation sites excluding steroid dienone is 1. The van der Waals surface area contributed by atoms with E-state index < -0.39 is 35.0 Å². The molecule has 1 aliphatic rings. The molecule has 204 valence electrons. The van der Waals surface area contributed by atoms with Gasteiger partial charge in [-0.25, -0.2) is 9.79 Å². The fourth-order valence-corrected chi connectivity index (χ4v) is 6.79. The Morgan fingerprint density at radius 1 is 1.31 bits per heavy atom. The Morgan fingerprint density at radius 3 is 2.59 bits per heavy atom. The van der Waals surface area contributed by atoms with E-state index in [1.807, 2.05) is 0 Å². The first-order chi connectivity index (χ1) is 18.5. The highest BCUT2D eigenvalue weighted by Crippen LogP contribution is 2.38. The van der Waals surface area contributed by atoms with Gasteiger partial charge in [0, 0.05) is 5.02 Å². The van der Waals surface area contributed by atoms with Gasteiger partial charge in [0.05, 0.1) is 30.8 Å². The first-order valence-corrected chi connectivity index (χ1v) is 14.3. The molecule has 0 aliphatic carbocycles. The molecule has 1 atom stereocenters. The minimum absolute atomic E-state index is 0.127. The summed E-state index contributed by atoms with van der Waals surface area (Å²) in [4.78, 5) is 30.1. The van der Waals surface area contributed by atoms with Gasteiger partial charge in [-0.05, 0) is 86.9 Å². The van der Waals surface area contributed by atoms with Crippen molar-refractivity contribution in [2.24, 2.45) is 4.99 Å². The van der Waals surface area contributed by atoms with Crippen molar-refractivity contribution < 1.29 is 27.4 Å². The second kappa shape index (κ2) is 12.0. The fraction of sp³-hybridized carbons (Fsp3) is 0.192. The predicted octanol–water partition coefficient (Wildman–Crippen LogP) is 5.93. The summed E-state index contributed by atoms with van der Waals surface area (Å²) in [7, 11) is 0. The molecule has 6 nitrogen and oxygen atoms in total. The van der Waals surface area contributed by atoms with Crippen LogP contribution in [0.3, 0.4) is 0 Å². The SMILES string of the molecule is C=CCOc1c(Br)cc(/C=c2\sc3n(c2=O)[C@H](c2ccc(Cl)cc2)C(C(=O)OCC)=C(C(F)(F)F)N=3)cc1I. The van der Waals surface area contributed by atoms with Gasteiger partial charge in [-0.1, -0.05) is 47.7 Å². The molecule has 0 amide bonds. The smallest absolute Gasteiger partial charge is 0.434 e. The Morgan fingerprint density at radius 2 is 2.00 bits per heavy atom. The van der Waals surface area contributed by atoms with E-state index in [2.05, 4.69) is 50.1 Å². The Kier molecular flexibility index (Phi) is 9.08. The largest absolute Gasteiger partial charge is 0.487 e. The summed E-state index contributed by atoms with van der Waals surface area (Å²) in [6.45, 7) is 5.24. The monoisotopic (exact) mass is 752 g/mol. The molecule has 2 aromatic carbocycles. The lowest BCUT2D eigenvalue weighted by Crippen LogP contribution is -2.41. The van der Waals surface area contributed by atoms with Crippen LogP contribution in [0, 0.1) is 3.57 Å². The molecule has 0 spiro atoms. The average Bonchev–Trinajstić information content (AvgIpc) is 3.17. The summed E-state index contributed by atoms with van der Waals surface area (Å²) < 4.78 is 55.8. The summed E-state index contributed by atoms with van der Waals surface area (Å²) in [6, 6.07) is 7.92. The van der Waals surface area contributed by atoms with Crippen molar-refractivity contribution in [2.75, 3.05) is 13.2 Å². The molecule has 1 aromatic heterocycles. The van der Waals surface area contributed by atoms with Gasteiger partial charge in [0.2, 0.25) is 0 Å². The Labute approximate surface area is 251 Å². The molecule has 39 heavy (non-hydrogen) atoms. The van der Waals surface area contributed by atoms with Crippen LogP contribution in [0.1, 0.15) is 24.1 Å². The molecule has 4 rings (SSSR count). The molecule has 0 N–H and O–H groups in total. The van der Waals surface area contributed by atoms with Crippen molar-refractivity contribution in [2.45, 2.75) is 19.1 Å². The number of benzene rings is 2. The van der Waals surface area contributed by atoms with Crippen LogP contribution in [-0.2, 0) is 9.53 Å². The van der Waals surface area contributed by atoms with Gasteiger partial charge in [-0.3, -0.25) is 9.36 Å². The molecular weight excluding hydrogens is 736 g/mol. The predicted molar refractivity (Wildman–Crippen MR) is 155 cm³/mol. The first-order valence-electron chi connectivity index (χ1n) is 11.2. The topological polar surface area (TPSA) is 69.9 Å². The van der Waals surface area contributed by atoms with Crippen molar-refractivity contribution in [3.05, 3.63) is 104 Å². The molecule has 3 aromatic rings. The van der Waals surface area contributed by atoms with Gasteiger partial charge >= 0.3 is 12.1 Å². The van der Waals surface area contributed by atoms with Crippen LogP contribution in [0.15, 0.2) is 74.6 Å². The zero-order chi connectivity index (χ0) is 28.5. The molecule has 0 bridgehead atoms. The van der Waals surface area contributed by atoms with Crippen LogP contribution in [0.2, 0.25) is 5.02 Å². The maximum absolute atomic E-state index is 14.2. The van der Waals surface area contributed by atoms with E-state index in [0.717, 1.165) is 19.5 Å². The van der Waals surface area contributed by atoms with Crippen molar-refractivity contribution in [1.82, 2.24) is 4.57 Å². The van der Waals surface area contributed by atoms with Gasteiger partial charge < -0.3 is 9.47 Å². The second-order valence-corrected chi connectivity index (χ2v) is 11.5. The van der Waals surface area contributed by atoms with Crippen LogP contribution in [-0.4, -0.2) is 29.9 Å². The number of hydrogen-bond donors (Lipinski definition) is 0. The zero-order valence-electron chi connectivity index (χ0n) is 20.0. The molecular formula is C26H18BrClF3IN2O4S. The first kappa shape index (κ1) is 29.6. The van der Waals surface area contributed by atoms with E-state index in [9.17, 15) is 22.8 Å². The molecule has 0 saturated carbocycles. The third-order valence-electron chi connectivity index (χ3n) is 5.44. The zero-order valence-corrected chi connectivity index (χ0v) is 25.3. The number of fused-ring (bicyclic) bond motifs is 1. The van der Waals surface area contributed by atoms with Gasteiger partial charge in [-0.15, -0.1) is 0 Å². The standard InChI is InChI=1S/C26H18BrClF3IN2O4S/c1-3-9-38-21-16(27)10-13(11-17(21)32)12-18-23(35)34-20(14-5-7-15(28)8-6-14)19(24(36)37-4-2)22(26(29,30)31)33-25(34)39-18/h3,5-8,10-12,20H,1,4,9H2,2H3/b18-12-/t20-/m1/s1. The van der Waals surface area contributed by atoms with Crippen molar-refractivity contribution in [1.29, 1.82) is 0 Å². The second-order valence-electron chi connectivity index (χ2n) is 8.03. The number of alkyl halides is 3. The van der Waals surface area contributed by atoms with E-state index >= 15 is 0 Å². The van der Waals surface area contributed by atoms with Crippen LogP contribution in [0.25, 0.3) is 6.08 Å². The van der Waals surface area contributed by atoms with Crippen LogP contribution in [0.5, 0.6) is 5.75 Å². The van der Waals surface area contributed by atoms with E-state index in [0.29, 0.717) is 27.4 Å². The minimum atomic E-state index is -4.98. The highest BCUT2D eigenvalue weighted by molar-refractivity contribution is 14.1. The van der Waals surface area contributed by atoms with E-state index in [1.54, 1.807) is 24.3 Å². The fourth-order valence-electron chi connectivity index (χ4n) is 3.90. The third-order valence-corrected chi connectivity index (χ3v) is 8.07. The number of esters is 1. The van der Waals surface area contributed by atoms with E-state index in [1.165, 1.54) is 31.2 Å².